The summed E-state index contributed by atoms with van der Waals surface area (Å²) < 4.78 is 16.7. The molecule has 0 aliphatic carbocycles. The minimum absolute atomic E-state index is 0.0814. The van der Waals surface area contributed by atoms with Gasteiger partial charge in [0, 0.05) is 13.2 Å². The van der Waals surface area contributed by atoms with Crippen LogP contribution in [-0.4, -0.2) is 55.6 Å². The average Bonchev–Trinajstić information content (AvgIpc) is 3.11. The van der Waals surface area contributed by atoms with Crippen molar-refractivity contribution in [1.29, 1.82) is 0 Å². The monoisotopic (exact) mass is 255 g/mol. The summed E-state index contributed by atoms with van der Waals surface area (Å²) in [4.78, 5) is 14.4. The quantitative estimate of drug-likeness (QED) is 0.736. The summed E-state index contributed by atoms with van der Waals surface area (Å²) in [5.74, 6) is 0.135. The highest BCUT2D eigenvalue weighted by atomic mass is 16.7. The summed E-state index contributed by atoms with van der Waals surface area (Å²) in [5, 5.41) is 0. The van der Waals surface area contributed by atoms with Crippen LogP contribution >= 0.6 is 0 Å². The van der Waals surface area contributed by atoms with Crippen molar-refractivity contribution in [3.05, 3.63) is 0 Å². The van der Waals surface area contributed by atoms with Gasteiger partial charge in [0.2, 0.25) is 0 Å². The number of carbonyl (C=O) groups excluding carboxylic acids is 1. The smallest absolute Gasteiger partial charge is 0.252 e. The van der Waals surface area contributed by atoms with Gasteiger partial charge in [-0.15, -0.1) is 0 Å². The zero-order valence-electron chi connectivity index (χ0n) is 10.7. The molecule has 3 aliphatic heterocycles. The second-order valence-corrected chi connectivity index (χ2v) is 5.21. The van der Waals surface area contributed by atoms with E-state index in [1.807, 2.05) is 4.90 Å². The zero-order valence-corrected chi connectivity index (χ0v) is 10.7. The average molecular weight is 255 g/mol. The van der Waals surface area contributed by atoms with Gasteiger partial charge in [-0.1, -0.05) is 0 Å². The topological polar surface area (TPSA) is 48.0 Å². The van der Waals surface area contributed by atoms with E-state index in [0.29, 0.717) is 19.8 Å². The van der Waals surface area contributed by atoms with Crippen LogP contribution in [0.25, 0.3) is 0 Å². The summed E-state index contributed by atoms with van der Waals surface area (Å²) in [7, 11) is 0. The van der Waals surface area contributed by atoms with Gasteiger partial charge in [0.15, 0.2) is 6.29 Å². The molecule has 0 aromatic carbocycles. The first kappa shape index (κ1) is 12.4. The van der Waals surface area contributed by atoms with Crippen molar-refractivity contribution in [1.82, 2.24) is 4.90 Å². The summed E-state index contributed by atoms with van der Waals surface area (Å²) in [6, 6.07) is 0.0814. The predicted molar refractivity (Wildman–Crippen MR) is 64.0 cm³/mol. The van der Waals surface area contributed by atoms with Gasteiger partial charge >= 0.3 is 0 Å². The molecule has 0 aromatic rings. The van der Waals surface area contributed by atoms with Crippen molar-refractivity contribution in [3.63, 3.8) is 0 Å². The Bertz CT molecular complexity index is 297. The molecular weight excluding hydrogens is 234 g/mol. The van der Waals surface area contributed by atoms with Crippen LogP contribution in [-0.2, 0) is 19.0 Å². The van der Waals surface area contributed by atoms with Crippen LogP contribution < -0.4 is 0 Å². The molecule has 3 fully saturated rings. The third-order valence-electron chi connectivity index (χ3n) is 4.00. The van der Waals surface area contributed by atoms with E-state index in [0.717, 1.165) is 38.6 Å². The molecule has 0 spiro atoms. The molecular formula is C13H21NO4. The fraction of sp³-hybridized carbons (Fsp3) is 0.923. The number of nitrogens with zero attached hydrogens (tertiary/aromatic N) is 1. The first-order valence-electron chi connectivity index (χ1n) is 7.01. The largest absolute Gasteiger partial charge is 0.368 e. The van der Waals surface area contributed by atoms with Crippen molar-refractivity contribution in [2.75, 3.05) is 26.4 Å². The molecule has 3 aliphatic rings. The molecule has 3 saturated heterocycles. The van der Waals surface area contributed by atoms with E-state index in [-0.39, 0.29) is 24.3 Å². The lowest BCUT2D eigenvalue weighted by Gasteiger charge is -2.39. The van der Waals surface area contributed by atoms with E-state index >= 15 is 0 Å². The maximum atomic E-state index is 12.5. The Kier molecular flexibility index (Phi) is 3.82. The van der Waals surface area contributed by atoms with Gasteiger partial charge in [-0.2, -0.15) is 0 Å². The standard InChI is InChI=1S/C13H21NO4/c15-12(11-5-3-7-16-11)14-6-2-1-4-10(14)13-17-8-9-18-13/h10-11,13H,1-9H2. The van der Waals surface area contributed by atoms with Crippen molar-refractivity contribution in [3.8, 4) is 0 Å². The number of ether oxygens (including phenoxy) is 3. The summed E-state index contributed by atoms with van der Waals surface area (Å²) in [5.41, 5.74) is 0. The Morgan fingerprint density at radius 2 is 1.78 bits per heavy atom. The van der Waals surface area contributed by atoms with E-state index in [4.69, 9.17) is 14.2 Å². The lowest BCUT2D eigenvalue weighted by atomic mass is 10.0. The lowest BCUT2D eigenvalue weighted by molar-refractivity contribution is -0.159. The van der Waals surface area contributed by atoms with Gasteiger partial charge in [0.1, 0.15) is 6.10 Å². The minimum atomic E-state index is -0.230. The SMILES string of the molecule is O=C(C1CCCO1)N1CCCCC1C1OCCO1. The second-order valence-electron chi connectivity index (χ2n) is 5.21. The second kappa shape index (κ2) is 5.55. The fourth-order valence-electron chi connectivity index (χ4n) is 3.07. The minimum Gasteiger partial charge on any atom is -0.368 e. The van der Waals surface area contributed by atoms with Gasteiger partial charge in [-0.3, -0.25) is 4.79 Å². The molecule has 0 saturated carbocycles. The van der Waals surface area contributed by atoms with Gasteiger partial charge in [0.25, 0.3) is 5.91 Å². The van der Waals surface area contributed by atoms with Gasteiger partial charge in [-0.05, 0) is 32.1 Å². The van der Waals surface area contributed by atoms with Crippen LogP contribution in [0.3, 0.4) is 0 Å². The van der Waals surface area contributed by atoms with Crippen LogP contribution in [0.5, 0.6) is 0 Å². The number of likely N-dealkylation sites (tertiary alicyclic amines) is 1. The van der Waals surface area contributed by atoms with E-state index < -0.39 is 0 Å². The Hall–Kier alpha value is -0.650. The van der Waals surface area contributed by atoms with E-state index in [9.17, 15) is 4.79 Å². The van der Waals surface area contributed by atoms with Gasteiger partial charge in [-0.25, -0.2) is 0 Å². The number of hydrogen-bond donors (Lipinski definition) is 0. The molecule has 3 heterocycles. The molecule has 18 heavy (non-hydrogen) atoms. The Morgan fingerprint density at radius 3 is 2.50 bits per heavy atom. The lowest BCUT2D eigenvalue weighted by Crippen LogP contribution is -2.53. The van der Waals surface area contributed by atoms with E-state index in [1.165, 1.54) is 0 Å². The third-order valence-corrected chi connectivity index (χ3v) is 4.00. The molecule has 102 valence electrons. The van der Waals surface area contributed by atoms with Gasteiger partial charge in [0.05, 0.1) is 19.3 Å². The molecule has 5 heteroatoms. The Balaban J connectivity index is 1.68. The van der Waals surface area contributed by atoms with Crippen molar-refractivity contribution in [2.24, 2.45) is 0 Å². The third kappa shape index (κ3) is 2.39. The number of hydrogen-bond acceptors (Lipinski definition) is 4. The molecule has 0 bridgehead atoms. The highest BCUT2D eigenvalue weighted by molar-refractivity contribution is 5.81. The van der Waals surface area contributed by atoms with E-state index in [2.05, 4.69) is 0 Å². The number of rotatable bonds is 2. The maximum absolute atomic E-state index is 12.5. The number of carbonyl (C=O) groups is 1. The Labute approximate surface area is 107 Å². The molecule has 5 nitrogen and oxygen atoms in total. The first-order valence-corrected chi connectivity index (χ1v) is 7.01. The number of amides is 1. The van der Waals surface area contributed by atoms with Gasteiger partial charge < -0.3 is 19.1 Å². The van der Waals surface area contributed by atoms with Crippen LogP contribution in [0.4, 0.5) is 0 Å². The van der Waals surface area contributed by atoms with E-state index in [1.54, 1.807) is 0 Å². The molecule has 2 atom stereocenters. The molecule has 1 amide bonds. The highest BCUT2D eigenvalue weighted by Gasteiger charge is 2.39. The first-order chi connectivity index (χ1) is 8.86. The fourth-order valence-corrected chi connectivity index (χ4v) is 3.07. The van der Waals surface area contributed by atoms with Crippen LogP contribution in [0.1, 0.15) is 32.1 Å². The molecule has 0 radical (unpaired) electrons. The predicted octanol–water partition coefficient (Wildman–Crippen LogP) is 0.919. The molecule has 0 aromatic heterocycles. The van der Waals surface area contributed by atoms with Crippen LogP contribution in [0.15, 0.2) is 0 Å². The van der Waals surface area contributed by atoms with Crippen molar-refractivity contribution in [2.45, 2.75) is 50.5 Å². The van der Waals surface area contributed by atoms with Crippen molar-refractivity contribution < 1.29 is 19.0 Å². The summed E-state index contributed by atoms with van der Waals surface area (Å²) in [6.07, 6.45) is 4.58. The van der Waals surface area contributed by atoms with Crippen LogP contribution in [0.2, 0.25) is 0 Å². The highest BCUT2D eigenvalue weighted by Crippen LogP contribution is 2.27. The maximum Gasteiger partial charge on any atom is 0.252 e. The van der Waals surface area contributed by atoms with Crippen molar-refractivity contribution >= 4 is 5.91 Å². The zero-order chi connectivity index (χ0) is 12.4. The summed E-state index contributed by atoms with van der Waals surface area (Å²) >= 11 is 0. The normalized spacial score (nSPS) is 34.1. The Morgan fingerprint density at radius 1 is 0.944 bits per heavy atom. The molecule has 2 unspecified atom stereocenters. The number of piperidine rings is 1. The molecule has 3 rings (SSSR count). The summed E-state index contributed by atoms with van der Waals surface area (Å²) in [6.45, 7) is 2.81. The van der Waals surface area contributed by atoms with Crippen LogP contribution in [0, 0.1) is 0 Å². The molecule has 0 N–H and O–H groups in total.